The minimum atomic E-state index is -0.615. The van der Waals surface area contributed by atoms with E-state index in [0.29, 0.717) is 18.2 Å². The summed E-state index contributed by atoms with van der Waals surface area (Å²) in [5, 5.41) is 2.95. The summed E-state index contributed by atoms with van der Waals surface area (Å²) in [5.74, 6) is 1.27. The highest BCUT2D eigenvalue weighted by molar-refractivity contribution is 7.80. The van der Waals surface area contributed by atoms with Gasteiger partial charge in [-0.2, -0.15) is 12.6 Å². The quantitative estimate of drug-likeness (QED) is 0.618. The lowest BCUT2D eigenvalue weighted by molar-refractivity contribution is -0.133. The van der Waals surface area contributed by atoms with E-state index in [1.165, 1.54) is 4.90 Å². The number of thiol groups is 1. The van der Waals surface area contributed by atoms with Gasteiger partial charge in [0.2, 0.25) is 0 Å². The molecule has 0 aromatic heterocycles. The van der Waals surface area contributed by atoms with Crippen LogP contribution in [0.3, 0.4) is 0 Å². The molecule has 1 N–H and O–H groups in total. The number of nitrogens with one attached hydrogen (secondary N) is 1. The highest BCUT2D eigenvalue weighted by atomic mass is 32.1. The van der Waals surface area contributed by atoms with Gasteiger partial charge in [0.25, 0.3) is 5.91 Å². The van der Waals surface area contributed by atoms with Crippen molar-refractivity contribution in [3.63, 3.8) is 0 Å². The molecule has 1 aliphatic carbocycles. The van der Waals surface area contributed by atoms with Crippen LogP contribution in [0.5, 0.6) is 0 Å². The number of hydrogen-bond acceptors (Lipinski definition) is 3. The van der Waals surface area contributed by atoms with E-state index >= 15 is 0 Å². The Morgan fingerprint density at radius 3 is 2.47 bits per heavy atom. The fourth-order valence-corrected chi connectivity index (χ4v) is 2.99. The summed E-state index contributed by atoms with van der Waals surface area (Å²) >= 11 is 4.29. The topological polar surface area (TPSA) is 49.4 Å². The van der Waals surface area contributed by atoms with Crippen LogP contribution in [0.2, 0.25) is 0 Å². The Labute approximate surface area is 120 Å². The van der Waals surface area contributed by atoms with Crippen molar-refractivity contribution < 1.29 is 9.59 Å². The second kappa shape index (κ2) is 5.00. The standard InChI is InChI=1S/C14H24N2O2S/c1-10-4-6-14(7-5-10)11(17)16(12(18)15-14)8-13(2,3)9-19/h10,19H,4-9H2,1-3H3,(H,15,18). The van der Waals surface area contributed by atoms with Gasteiger partial charge < -0.3 is 5.32 Å². The van der Waals surface area contributed by atoms with Crippen LogP contribution in [-0.4, -0.2) is 34.7 Å². The van der Waals surface area contributed by atoms with E-state index in [-0.39, 0.29) is 17.4 Å². The second-order valence-corrected chi connectivity index (χ2v) is 7.22. The van der Waals surface area contributed by atoms with E-state index in [0.717, 1.165) is 25.7 Å². The number of nitrogens with zero attached hydrogens (tertiary/aromatic N) is 1. The molecule has 0 atom stereocenters. The minimum absolute atomic E-state index is 0.0285. The molecule has 5 heteroatoms. The molecule has 0 bridgehead atoms. The maximum atomic E-state index is 12.6. The van der Waals surface area contributed by atoms with E-state index in [1.807, 2.05) is 13.8 Å². The van der Waals surface area contributed by atoms with Crippen LogP contribution in [0.25, 0.3) is 0 Å². The molecule has 3 amide bonds. The molecule has 1 saturated heterocycles. The molecule has 2 rings (SSSR count). The lowest BCUT2D eigenvalue weighted by Gasteiger charge is -2.34. The summed E-state index contributed by atoms with van der Waals surface area (Å²) < 4.78 is 0. The van der Waals surface area contributed by atoms with Crippen molar-refractivity contribution in [2.45, 2.75) is 52.0 Å². The second-order valence-electron chi connectivity index (χ2n) is 6.91. The molecule has 108 valence electrons. The molecule has 1 spiro atoms. The van der Waals surface area contributed by atoms with Crippen molar-refractivity contribution in [1.29, 1.82) is 0 Å². The first-order chi connectivity index (χ1) is 8.80. The van der Waals surface area contributed by atoms with Crippen LogP contribution in [0.1, 0.15) is 46.5 Å². The predicted molar refractivity (Wildman–Crippen MR) is 78.2 cm³/mol. The van der Waals surface area contributed by atoms with E-state index < -0.39 is 5.54 Å². The zero-order chi connectivity index (χ0) is 14.3. The highest BCUT2D eigenvalue weighted by Crippen LogP contribution is 2.37. The lowest BCUT2D eigenvalue weighted by Crippen LogP contribution is -2.49. The monoisotopic (exact) mass is 284 g/mol. The van der Waals surface area contributed by atoms with Crippen LogP contribution < -0.4 is 5.32 Å². The van der Waals surface area contributed by atoms with Gasteiger partial charge in [0.15, 0.2) is 0 Å². The number of rotatable bonds is 3. The summed E-state index contributed by atoms with van der Waals surface area (Å²) in [5.41, 5.74) is -0.764. The van der Waals surface area contributed by atoms with Crippen molar-refractivity contribution in [2.75, 3.05) is 12.3 Å². The summed E-state index contributed by atoms with van der Waals surface area (Å²) in [7, 11) is 0. The fourth-order valence-electron chi connectivity index (χ4n) is 2.89. The number of amides is 3. The normalized spacial score (nSPS) is 32.0. The Kier molecular flexibility index (Phi) is 3.87. The lowest BCUT2D eigenvalue weighted by atomic mass is 9.77. The Morgan fingerprint density at radius 2 is 1.95 bits per heavy atom. The third-order valence-electron chi connectivity index (χ3n) is 4.39. The number of imide groups is 1. The number of carbonyl (C=O) groups is 2. The molecule has 2 fully saturated rings. The molecule has 4 nitrogen and oxygen atoms in total. The van der Waals surface area contributed by atoms with Gasteiger partial charge in [0.1, 0.15) is 5.54 Å². The molecule has 0 unspecified atom stereocenters. The Hall–Kier alpha value is -0.710. The molecule has 0 aromatic rings. The average molecular weight is 284 g/mol. The SMILES string of the molecule is CC1CCC2(CC1)NC(=O)N(CC(C)(C)CS)C2=O. The first-order valence-corrected chi connectivity index (χ1v) is 7.68. The maximum Gasteiger partial charge on any atom is 0.325 e. The molecule has 0 aromatic carbocycles. The Bertz CT molecular complexity index is 387. The van der Waals surface area contributed by atoms with Crippen LogP contribution in [-0.2, 0) is 4.79 Å². The Morgan fingerprint density at radius 1 is 1.37 bits per heavy atom. The zero-order valence-corrected chi connectivity index (χ0v) is 12.9. The van der Waals surface area contributed by atoms with E-state index in [4.69, 9.17) is 0 Å². The molecule has 1 aliphatic heterocycles. The largest absolute Gasteiger partial charge is 0.325 e. The number of hydrogen-bond donors (Lipinski definition) is 2. The summed E-state index contributed by atoms with van der Waals surface area (Å²) in [6.45, 7) is 6.69. The summed E-state index contributed by atoms with van der Waals surface area (Å²) in [6.07, 6.45) is 3.57. The smallest absolute Gasteiger partial charge is 0.323 e. The van der Waals surface area contributed by atoms with Gasteiger partial charge >= 0.3 is 6.03 Å². The van der Waals surface area contributed by atoms with Crippen molar-refractivity contribution in [2.24, 2.45) is 11.3 Å². The molecule has 2 aliphatic rings. The molecule has 1 saturated carbocycles. The molecular weight excluding hydrogens is 260 g/mol. The van der Waals surface area contributed by atoms with Gasteiger partial charge in [0, 0.05) is 6.54 Å². The van der Waals surface area contributed by atoms with E-state index in [1.54, 1.807) is 0 Å². The minimum Gasteiger partial charge on any atom is -0.323 e. The Balaban J connectivity index is 2.12. The first kappa shape index (κ1) is 14.7. The first-order valence-electron chi connectivity index (χ1n) is 7.05. The molecule has 0 radical (unpaired) electrons. The van der Waals surface area contributed by atoms with Gasteiger partial charge in [-0.1, -0.05) is 20.8 Å². The van der Waals surface area contributed by atoms with Gasteiger partial charge in [-0.05, 0) is 42.8 Å². The van der Waals surface area contributed by atoms with Crippen LogP contribution in [0, 0.1) is 11.3 Å². The summed E-state index contributed by atoms with van der Waals surface area (Å²) in [4.78, 5) is 26.1. The number of urea groups is 1. The summed E-state index contributed by atoms with van der Waals surface area (Å²) in [6, 6.07) is -0.227. The van der Waals surface area contributed by atoms with Crippen LogP contribution in [0.15, 0.2) is 0 Å². The molecule has 1 heterocycles. The van der Waals surface area contributed by atoms with E-state index in [9.17, 15) is 9.59 Å². The maximum absolute atomic E-state index is 12.6. The van der Waals surface area contributed by atoms with Gasteiger partial charge in [-0.15, -0.1) is 0 Å². The highest BCUT2D eigenvalue weighted by Gasteiger charge is 2.52. The van der Waals surface area contributed by atoms with Crippen molar-refractivity contribution in [1.82, 2.24) is 10.2 Å². The van der Waals surface area contributed by atoms with Gasteiger partial charge in [0.05, 0.1) is 0 Å². The van der Waals surface area contributed by atoms with Crippen LogP contribution >= 0.6 is 12.6 Å². The fraction of sp³-hybridized carbons (Fsp3) is 0.857. The van der Waals surface area contributed by atoms with E-state index in [2.05, 4.69) is 24.9 Å². The number of carbonyl (C=O) groups excluding carboxylic acids is 2. The van der Waals surface area contributed by atoms with Crippen molar-refractivity contribution in [3.8, 4) is 0 Å². The third kappa shape index (κ3) is 2.76. The van der Waals surface area contributed by atoms with Crippen molar-refractivity contribution >= 4 is 24.6 Å². The molecule has 19 heavy (non-hydrogen) atoms. The van der Waals surface area contributed by atoms with Gasteiger partial charge in [-0.25, -0.2) is 4.79 Å². The van der Waals surface area contributed by atoms with Crippen LogP contribution in [0.4, 0.5) is 4.79 Å². The van der Waals surface area contributed by atoms with Gasteiger partial charge in [-0.3, -0.25) is 9.69 Å². The van der Waals surface area contributed by atoms with Crippen molar-refractivity contribution in [3.05, 3.63) is 0 Å². The third-order valence-corrected chi connectivity index (χ3v) is 5.24. The average Bonchev–Trinajstić information content (AvgIpc) is 2.58. The zero-order valence-electron chi connectivity index (χ0n) is 12.0. The predicted octanol–water partition coefficient (Wildman–Crippen LogP) is 2.44. The molecular formula is C14H24N2O2S.